The number of rotatable bonds is 10. The van der Waals surface area contributed by atoms with Crippen molar-refractivity contribution >= 4 is 0 Å². The summed E-state index contributed by atoms with van der Waals surface area (Å²) in [6.45, 7) is 11.5. The fourth-order valence-electron chi connectivity index (χ4n) is 2.55. The molecule has 0 aliphatic heterocycles. The smallest absolute Gasteiger partial charge is 0.0945 e. The summed E-state index contributed by atoms with van der Waals surface area (Å²) in [6, 6.07) is 0.688. The predicted molar refractivity (Wildman–Crippen MR) is 82.2 cm³/mol. The van der Waals surface area contributed by atoms with Crippen LogP contribution in [-0.4, -0.2) is 22.1 Å². The fraction of sp³-hybridized carbons (Fsp3) is 0.812. The maximum atomic E-state index is 4.06. The molecule has 0 aliphatic carbocycles. The lowest BCUT2D eigenvalue weighted by Crippen LogP contribution is -2.32. The minimum absolute atomic E-state index is 0.688. The number of nitrogens with one attached hydrogen (secondary N) is 1. The monoisotopic (exact) mass is 265 g/mol. The van der Waals surface area contributed by atoms with Crippen LogP contribution in [0.25, 0.3) is 0 Å². The van der Waals surface area contributed by atoms with Crippen LogP contribution in [0.1, 0.15) is 53.4 Å². The molecule has 19 heavy (non-hydrogen) atoms. The van der Waals surface area contributed by atoms with Crippen molar-refractivity contribution in [3.63, 3.8) is 0 Å². The van der Waals surface area contributed by atoms with Crippen molar-refractivity contribution < 1.29 is 0 Å². The summed E-state index contributed by atoms with van der Waals surface area (Å²) in [5.41, 5.74) is 0. The van der Waals surface area contributed by atoms with Crippen LogP contribution in [-0.2, 0) is 6.54 Å². The summed E-state index contributed by atoms with van der Waals surface area (Å²) in [5.74, 6) is 1.56. The van der Waals surface area contributed by atoms with Gasteiger partial charge in [-0.2, -0.15) is 0 Å². The van der Waals surface area contributed by atoms with Crippen LogP contribution in [0.3, 0.4) is 0 Å². The molecule has 0 atom stereocenters. The lowest BCUT2D eigenvalue weighted by molar-refractivity contribution is 0.356. The van der Waals surface area contributed by atoms with Crippen molar-refractivity contribution in [2.75, 3.05) is 6.54 Å². The molecule has 1 N–H and O–H groups in total. The number of aromatic nitrogens is 2. The molecule has 1 heterocycles. The van der Waals surface area contributed by atoms with Gasteiger partial charge in [-0.15, -0.1) is 0 Å². The van der Waals surface area contributed by atoms with Gasteiger partial charge in [0.15, 0.2) is 0 Å². The third-order valence-corrected chi connectivity index (χ3v) is 3.35. The second-order valence-corrected chi connectivity index (χ2v) is 6.42. The molecule has 0 unspecified atom stereocenters. The first kappa shape index (κ1) is 16.2. The first-order chi connectivity index (χ1) is 9.08. The topological polar surface area (TPSA) is 29.9 Å². The van der Waals surface area contributed by atoms with Crippen LogP contribution in [0, 0.1) is 11.8 Å². The molecule has 3 nitrogen and oxygen atoms in total. The first-order valence-electron chi connectivity index (χ1n) is 7.77. The number of hydrogen-bond acceptors (Lipinski definition) is 2. The molecule has 0 fully saturated rings. The van der Waals surface area contributed by atoms with Gasteiger partial charge in [-0.05, 0) is 44.1 Å². The summed E-state index contributed by atoms with van der Waals surface area (Å²) >= 11 is 0. The minimum Gasteiger partial charge on any atom is -0.337 e. The van der Waals surface area contributed by atoms with Crippen LogP contribution in [0.4, 0.5) is 0 Å². The number of nitrogens with zero attached hydrogens (tertiary/aromatic N) is 2. The third-order valence-electron chi connectivity index (χ3n) is 3.35. The van der Waals surface area contributed by atoms with Crippen molar-refractivity contribution in [3.8, 4) is 0 Å². The summed E-state index contributed by atoms with van der Waals surface area (Å²) in [4.78, 5) is 4.06. The maximum Gasteiger partial charge on any atom is 0.0945 e. The highest BCUT2D eigenvalue weighted by Crippen LogP contribution is 2.13. The van der Waals surface area contributed by atoms with E-state index in [1.54, 1.807) is 0 Å². The standard InChI is InChI=1S/C16H31N3/c1-14(2)11-16(12-15(3)4)18-7-5-6-9-19-10-8-17-13-19/h8,10,13-16,18H,5-7,9,11-12H2,1-4H3. The lowest BCUT2D eigenvalue weighted by Gasteiger charge is -2.22. The number of imidazole rings is 1. The van der Waals surface area contributed by atoms with Gasteiger partial charge < -0.3 is 9.88 Å². The Morgan fingerprint density at radius 2 is 1.74 bits per heavy atom. The van der Waals surface area contributed by atoms with Crippen LogP contribution < -0.4 is 5.32 Å². The maximum absolute atomic E-state index is 4.06. The van der Waals surface area contributed by atoms with E-state index in [9.17, 15) is 0 Å². The first-order valence-corrected chi connectivity index (χ1v) is 7.77. The minimum atomic E-state index is 0.688. The lowest BCUT2D eigenvalue weighted by atomic mass is 9.95. The van der Waals surface area contributed by atoms with Crippen molar-refractivity contribution in [3.05, 3.63) is 18.7 Å². The van der Waals surface area contributed by atoms with E-state index in [2.05, 4.69) is 42.6 Å². The largest absolute Gasteiger partial charge is 0.337 e. The summed E-state index contributed by atoms with van der Waals surface area (Å²) in [6.07, 6.45) is 10.8. The molecule has 0 aromatic carbocycles. The summed E-state index contributed by atoms with van der Waals surface area (Å²) in [7, 11) is 0. The average Bonchev–Trinajstić information content (AvgIpc) is 2.79. The van der Waals surface area contributed by atoms with Crippen molar-refractivity contribution in [1.82, 2.24) is 14.9 Å². The van der Waals surface area contributed by atoms with Gasteiger partial charge in [0, 0.05) is 25.0 Å². The predicted octanol–water partition coefficient (Wildman–Crippen LogP) is 3.71. The average molecular weight is 265 g/mol. The molecule has 0 amide bonds. The molecule has 1 rings (SSSR count). The molecule has 0 radical (unpaired) electrons. The second-order valence-electron chi connectivity index (χ2n) is 6.42. The van der Waals surface area contributed by atoms with Gasteiger partial charge >= 0.3 is 0 Å². The summed E-state index contributed by atoms with van der Waals surface area (Å²) < 4.78 is 2.15. The highest BCUT2D eigenvalue weighted by Gasteiger charge is 2.11. The number of hydrogen-bond donors (Lipinski definition) is 1. The van der Waals surface area contributed by atoms with Crippen molar-refractivity contribution in [2.24, 2.45) is 11.8 Å². The molecule has 3 heteroatoms. The van der Waals surface area contributed by atoms with Gasteiger partial charge in [-0.3, -0.25) is 0 Å². The van der Waals surface area contributed by atoms with E-state index in [4.69, 9.17) is 0 Å². The Morgan fingerprint density at radius 1 is 1.05 bits per heavy atom. The third kappa shape index (κ3) is 8.04. The Hall–Kier alpha value is -0.830. The Balaban J connectivity index is 2.12. The highest BCUT2D eigenvalue weighted by atomic mass is 15.0. The van der Waals surface area contributed by atoms with Gasteiger partial charge in [-0.25, -0.2) is 4.98 Å². The molecule has 110 valence electrons. The molecular formula is C16H31N3. The Morgan fingerprint density at radius 3 is 2.26 bits per heavy atom. The van der Waals surface area contributed by atoms with E-state index in [-0.39, 0.29) is 0 Å². The molecule has 1 aromatic rings. The molecule has 0 spiro atoms. The van der Waals surface area contributed by atoms with E-state index in [1.807, 2.05) is 18.7 Å². The molecule has 0 saturated carbocycles. The number of unbranched alkanes of at least 4 members (excludes halogenated alkanes) is 1. The van der Waals surface area contributed by atoms with Gasteiger partial charge in [0.1, 0.15) is 0 Å². The highest BCUT2D eigenvalue weighted by molar-refractivity contribution is 4.74. The van der Waals surface area contributed by atoms with E-state index in [0.717, 1.165) is 24.9 Å². The SMILES string of the molecule is CC(C)CC(CC(C)C)NCCCCn1ccnc1. The normalized spacial score (nSPS) is 11.9. The Kier molecular flexibility index (Phi) is 7.80. The molecule has 0 saturated heterocycles. The molecule has 0 aliphatic rings. The van der Waals surface area contributed by atoms with Crippen LogP contribution in [0.15, 0.2) is 18.7 Å². The second kappa shape index (κ2) is 9.13. The number of aryl methyl sites for hydroxylation is 1. The van der Waals surface area contributed by atoms with E-state index < -0.39 is 0 Å². The zero-order valence-corrected chi connectivity index (χ0v) is 13.1. The van der Waals surface area contributed by atoms with Crippen LogP contribution in [0.2, 0.25) is 0 Å². The van der Waals surface area contributed by atoms with Gasteiger partial charge in [0.2, 0.25) is 0 Å². The van der Waals surface area contributed by atoms with E-state index >= 15 is 0 Å². The van der Waals surface area contributed by atoms with Crippen molar-refractivity contribution in [1.29, 1.82) is 0 Å². The summed E-state index contributed by atoms with van der Waals surface area (Å²) in [5, 5.41) is 3.74. The van der Waals surface area contributed by atoms with Gasteiger partial charge in [0.05, 0.1) is 6.33 Å². The van der Waals surface area contributed by atoms with E-state index in [0.29, 0.717) is 6.04 Å². The molecule has 0 bridgehead atoms. The zero-order valence-electron chi connectivity index (χ0n) is 13.1. The van der Waals surface area contributed by atoms with Crippen molar-refractivity contribution in [2.45, 2.75) is 66.0 Å². The quantitative estimate of drug-likeness (QED) is 0.654. The van der Waals surface area contributed by atoms with E-state index in [1.165, 1.54) is 25.7 Å². The van der Waals surface area contributed by atoms with Crippen LogP contribution >= 0.6 is 0 Å². The Labute approximate surface area is 118 Å². The zero-order chi connectivity index (χ0) is 14.1. The fourth-order valence-corrected chi connectivity index (χ4v) is 2.55. The van der Waals surface area contributed by atoms with Crippen LogP contribution in [0.5, 0.6) is 0 Å². The Bertz CT molecular complexity index is 294. The van der Waals surface area contributed by atoms with Gasteiger partial charge in [-0.1, -0.05) is 27.7 Å². The molecular weight excluding hydrogens is 234 g/mol. The molecule has 1 aromatic heterocycles. The van der Waals surface area contributed by atoms with Gasteiger partial charge in [0.25, 0.3) is 0 Å².